The van der Waals surface area contributed by atoms with Crippen molar-refractivity contribution in [1.82, 2.24) is 4.90 Å². The minimum Gasteiger partial charge on any atom is -0.480 e. The molecule has 0 bridgehead atoms. The summed E-state index contributed by atoms with van der Waals surface area (Å²) in [6.45, 7) is 4.54. The molecule has 0 aromatic heterocycles. The monoisotopic (exact) mass is 263 g/mol. The minimum absolute atomic E-state index is 0.0476. The van der Waals surface area contributed by atoms with Gasteiger partial charge < -0.3 is 14.7 Å². The van der Waals surface area contributed by atoms with Gasteiger partial charge in [-0.25, -0.2) is 4.79 Å². The molecule has 0 aliphatic carbocycles. The third-order valence-corrected chi connectivity index (χ3v) is 3.29. The maximum atomic E-state index is 12.5. The van der Waals surface area contributed by atoms with E-state index in [0.29, 0.717) is 18.7 Å². The molecule has 1 aliphatic rings. The number of carboxylic acid groups (broad SMARTS) is 1. The topological polar surface area (TPSA) is 66.8 Å². The molecule has 0 radical (unpaired) electrons. The number of morpholine rings is 1. The summed E-state index contributed by atoms with van der Waals surface area (Å²) >= 11 is 0. The predicted octanol–water partition coefficient (Wildman–Crippen LogP) is 1.23. The van der Waals surface area contributed by atoms with Crippen LogP contribution in [0.15, 0.2) is 18.2 Å². The molecule has 0 spiro atoms. The van der Waals surface area contributed by atoms with E-state index < -0.39 is 12.0 Å². The minimum atomic E-state index is -1.03. The van der Waals surface area contributed by atoms with Crippen LogP contribution in [-0.4, -0.2) is 47.7 Å². The van der Waals surface area contributed by atoms with E-state index in [2.05, 4.69) is 0 Å². The predicted molar refractivity (Wildman–Crippen MR) is 69.2 cm³/mol. The Hall–Kier alpha value is -1.88. The molecule has 102 valence electrons. The van der Waals surface area contributed by atoms with Gasteiger partial charge in [-0.05, 0) is 25.5 Å². The molecule has 1 aromatic carbocycles. The molecule has 1 N–H and O–H groups in total. The molecule has 2 rings (SSSR count). The number of carbonyl (C=O) groups excluding carboxylic acids is 1. The van der Waals surface area contributed by atoms with Crippen molar-refractivity contribution in [3.63, 3.8) is 0 Å². The van der Waals surface area contributed by atoms with Crippen LogP contribution >= 0.6 is 0 Å². The average molecular weight is 263 g/mol. The molecule has 1 amide bonds. The van der Waals surface area contributed by atoms with E-state index in [-0.39, 0.29) is 12.5 Å². The molecule has 1 fully saturated rings. The second-order valence-electron chi connectivity index (χ2n) is 4.75. The van der Waals surface area contributed by atoms with E-state index in [9.17, 15) is 9.59 Å². The Morgan fingerprint density at radius 1 is 1.37 bits per heavy atom. The summed E-state index contributed by atoms with van der Waals surface area (Å²) in [4.78, 5) is 25.0. The number of hydrogen-bond acceptors (Lipinski definition) is 3. The van der Waals surface area contributed by atoms with Crippen molar-refractivity contribution >= 4 is 11.9 Å². The quantitative estimate of drug-likeness (QED) is 0.871. The third-order valence-electron chi connectivity index (χ3n) is 3.29. The van der Waals surface area contributed by atoms with Gasteiger partial charge in [-0.15, -0.1) is 0 Å². The Morgan fingerprint density at radius 3 is 2.74 bits per heavy atom. The molecule has 5 heteroatoms. The Bertz CT molecular complexity index is 512. The van der Waals surface area contributed by atoms with Crippen LogP contribution in [0, 0.1) is 13.8 Å². The Morgan fingerprint density at radius 2 is 2.11 bits per heavy atom. The SMILES string of the molecule is Cc1ccc(C(=O)N2CCOC[C@@H]2C(=O)O)c(C)c1. The summed E-state index contributed by atoms with van der Waals surface area (Å²) in [6.07, 6.45) is 0. The molecule has 1 aromatic rings. The lowest BCUT2D eigenvalue weighted by Gasteiger charge is -2.33. The fourth-order valence-electron chi connectivity index (χ4n) is 2.26. The van der Waals surface area contributed by atoms with Crippen molar-refractivity contribution in [2.45, 2.75) is 19.9 Å². The number of hydrogen-bond donors (Lipinski definition) is 1. The number of aryl methyl sites for hydroxylation is 2. The van der Waals surface area contributed by atoms with Crippen LogP contribution < -0.4 is 0 Å². The molecule has 19 heavy (non-hydrogen) atoms. The highest BCUT2D eigenvalue weighted by molar-refractivity contribution is 5.98. The van der Waals surface area contributed by atoms with Crippen LogP contribution in [0.25, 0.3) is 0 Å². The Balaban J connectivity index is 2.28. The second kappa shape index (κ2) is 5.40. The Labute approximate surface area is 111 Å². The average Bonchev–Trinajstić information content (AvgIpc) is 2.38. The van der Waals surface area contributed by atoms with Gasteiger partial charge >= 0.3 is 5.97 Å². The number of rotatable bonds is 2. The Kier molecular flexibility index (Phi) is 3.85. The molecule has 1 heterocycles. The van der Waals surface area contributed by atoms with Gasteiger partial charge in [0.05, 0.1) is 13.2 Å². The fraction of sp³-hybridized carbons (Fsp3) is 0.429. The van der Waals surface area contributed by atoms with Crippen molar-refractivity contribution in [2.24, 2.45) is 0 Å². The number of aliphatic carboxylic acids is 1. The zero-order valence-corrected chi connectivity index (χ0v) is 11.0. The smallest absolute Gasteiger partial charge is 0.328 e. The van der Waals surface area contributed by atoms with E-state index in [4.69, 9.17) is 9.84 Å². The van der Waals surface area contributed by atoms with E-state index >= 15 is 0 Å². The number of carboxylic acids is 1. The summed E-state index contributed by atoms with van der Waals surface area (Å²) in [7, 11) is 0. The van der Waals surface area contributed by atoms with Crippen molar-refractivity contribution in [2.75, 3.05) is 19.8 Å². The summed E-state index contributed by atoms with van der Waals surface area (Å²) < 4.78 is 5.13. The first-order valence-corrected chi connectivity index (χ1v) is 6.19. The van der Waals surface area contributed by atoms with Crippen molar-refractivity contribution < 1.29 is 19.4 Å². The van der Waals surface area contributed by atoms with Gasteiger partial charge in [-0.2, -0.15) is 0 Å². The first kappa shape index (κ1) is 13.5. The van der Waals surface area contributed by atoms with Crippen molar-refractivity contribution in [3.05, 3.63) is 34.9 Å². The molecule has 1 atom stereocenters. The number of nitrogens with zero attached hydrogens (tertiary/aromatic N) is 1. The number of carbonyl (C=O) groups is 2. The van der Waals surface area contributed by atoms with Crippen molar-refractivity contribution in [3.8, 4) is 0 Å². The first-order chi connectivity index (χ1) is 9.00. The standard InChI is InChI=1S/C14H17NO4/c1-9-3-4-11(10(2)7-9)13(16)15-5-6-19-8-12(15)14(17)18/h3-4,7,12H,5-6,8H2,1-2H3,(H,17,18)/t12-/m1/s1. The van der Waals surface area contributed by atoms with Gasteiger partial charge in [0, 0.05) is 12.1 Å². The zero-order chi connectivity index (χ0) is 14.0. The van der Waals surface area contributed by atoms with Gasteiger partial charge in [-0.3, -0.25) is 4.79 Å². The highest BCUT2D eigenvalue weighted by atomic mass is 16.5. The third kappa shape index (κ3) is 2.76. The second-order valence-corrected chi connectivity index (χ2v) is 4.75. The number of amides is 1. The molecule has 0 unspecified atom stereocenters. The van der Waals surface area contributed by atoms with Gasteiger partial charge in [0.25, 0.3) is 5.91 Å². The number of ether oxygens (including phenoxy) is 1. The van der Waals surface area contributed by atoms with Crippen LogP contribution in [0.2, 0.25) is 0 Å². The normalized spacial score (nSPS) is 19.3. The van der Waals surface area contributed by atoms with Crippen LogP contribution in [0.4, 0.5) is 0 Å². The summed E-state index contributed by atoms with van der Waals surface area (Å²) in [6, 6.07) is 4.63. The maximum absolute atomic E-state index is 12.5. The zero-order valence-electron chi connectivity index (χ0n) is 11.0. The first-order valence-electron chi connectivity index (χ1n) is 6.19. The van der Waals surface area contributed by atoms with E-state index in [0.717, 1.165) is 11.1 Å². The van der Waals surface area contributed by atoms with Gasteiger partial charge in [0.1, 0.15) is 0 Å². The molecule has 1 aliphatic heterocycles. The lowest BCUT2D eigenvalue weighted by Crippen LogP contribution is -2.52. The van der Waals surface area contributed by atoms with E-state index in [1.807, 2.05) is 26.0 Å². The summed E-state index contributed by atoms with van der Waals surface area (Å²) in [5.41, 5.74) is 2.49. The highest BCUT2D eigenvalue weighted by Gasteiger charge is 2.33. The van der Waals surface area contributed by atoms with Gasteiger partial charge in [-0.1, -0.05) is 17.7 Å². The lowest BCUT2D eigenvalue weighted by molar-refractivity contribution is -0.147. The highest BCUT2D eigenvalue weighted by Crippen LogP contribution is 2.17. The van der Waals surface area contributed by atoms with E-state index in [1.54, 1.807) is 6.07 Å². The largest absolute Gasteiger partial charge is 0.480 e. The summed E-state index contributed by atoms with van der Waals surface area (Å²) in [5.74, 6) is -1.27. The van der Waals surface area contributed by atoms with Gasteiger partial charge in [0.2, 0.25) is 0 Å². The molecular weight excluding hydrogens is 246 g/mol. The molecule has 1 saturated heterocycles. The molecular formula is C14H17NO4. The van der Waals surface area contributed by atoms with Crippen molar-refractivity contribution in [1.29, 1.82) is 0 Å². The number of benzene rings is 1. The van der Waals surface area contributed by atoms with Crippen LogP contribution in [0.5, 0.6) is 0 Å². The fourth-order valence-corrected chi connectivity index (χ4v) is 2.26. The van der Waals surface area contributed by atoms with Crippen LogP contribution in [0.3, 0.4) is 0 Å². The van der Waals surface area contributed by atoms with E-state index in [1.165, 1.54) is 4.90 Å². The molecule has 0 saturated carbocycles. The summed E-state index contributed by atoms with van der Waals surface area (Å²) in [5, 5.41) is 9.14. The van der Waals surface area contributed by atoms with Crippen LogP contribution in [-0.2, 0) is 9.53 Å². The lowest BCUT2D eigenvalue weighted by atomic mass is 10.0. The molecule has 5 nitrogen and oxygen atoms in total. The van der Waals surface area contributed by atoms with Gasteiger partial charge in [0.15, 0.2) is 6.04 Å². The van der Waals surface area contributed by atoms with Crippen LogP contribution in [0.1, 0.15) is 21.5 Å². The maximum Gasteiger partial charge on any atom is 0.328 e.